The summed E-state index contributed by atoms with van der Waals surface area (Å²) in [6.07, 6.45) is 9.01. The van der Waals surface area contributed by atoms with Gasteiger partial charge < -0.3 is 11.2 Å². The van der Waals surface area contributed by atoms with E-state index in [2.05, 4.69) is 15.4 Å². The van der Waals surface area contributed by atoms with E-state index in [1.165, 1.54) is 36.9 Å². The minimum absolute atomic E-state index is 0.0165. The topological polar surface area (TPSA) is 85.8 Å². The molecule has 2 heterocycles. The van der Waals surface area contributed by atoms with E-state index in [-0.39, 0.29) is 5.91 Å². The molecule has 0 radical (unpaired) electrons. The summed E-state index contributed by atoms with van der Waals surface area (Å²) < 4.78 is 0. The predicted molar refractivity (Wildman–Crippen MR) is 85.9 cm³/mol. The number of hydrogen-bond acceptors (Lipinski definition) is 4. The molecule has 1 fully saturated rings. The number of hydrogen-bond donors (Lipinski definition) is 2. The van der Waals surface area contributed by atoms with Gasteiger partial charge >= 0.3 is 0 Å². The molecule has 0 spiro atoms. The number of rotatable bonds is 4. The fourth-order valence-corrected chi connectivity index (χ4v) is 3.41. The van der Waals surface area contributed by atoms with Crippen LogP contribution in [-0.4, -0.2) is 27.8 Å². The van der Waals surface area contributed by atoms with Gasteiger partial charge in [-0.3, -0.25) is 9.78 Å². The van der Waals surface area contributed by atoms with E-state index in [1.807, 2.05) is 12.3 Å². The third-order valence-electron chi connectivity index (χ3n) is 4.58. The molecular weight excluding hydrogens is 278 g/mol. The molecule has 6 nitrogen and oxygen atoms in total. The molecule has 118 valence electrons. The van der Waals surface area contributed by atoms with E-state index >= 15 is 0 Å². The quantitative estimate of drug-likeness (QED) is 0.844. The van der Waals surface area contributed by atoms with Crippen molar-refractivity contribution >= 4 is 16.8 Å². The van der Waals surface area contributed by atoms with Crippen LogP contribution in [0.3, 0.4) is 0 Å². The number of aromatic nitrogens is 3. The second-order valence-corrected chi connectivity index (χ2v) is 5.99. The maximum atomic E-state index is 11.5. The van der Waals surface area contributed by atoms with Gasteiger partial charge in [-0.1, -0.05) is 19.3 Å². The van der Waals surface area contributed by atoms with E-state index in [9.17, 15) is 4.79 Å². The molecule has 3 rings (SSSR count). The van der Waals surface area contributed by atoms with Crippen LogP contribution < -0.4 is 11.2 Å². The summed E-state index contributed by atoms with van der Waals surface area (Å²) in [4.78, 5) is 17.6. The van der Waals surface area contributed by atoms with Gasteiger partial charge in [-0.25, -0.2) is 0 Å². The fraction of sp³-hybridized carbons (Fsp3) is 0.562. The summed E-state index contributed by atoms with van der Waals surface area (Å²) in [5.74, 6) is 6.49. The molecule has 0 atom stereocenters. The van der Waals surface area contributed by atoms with Crippen molar-refractivity contribution in [2.75, 3.05) is 12.9 Å². The van der Waals surface area contributed by atoms with Gasteiger partial charge in [0, 0.05) is 37.4 Å². The minimum Gasteiger partial charge on any atom is -0.359 e. The smallest absolute Gasteiger partial charge is 0.220 e. The first-order valence-corrected chi connectivity index (χ1v) is 8.03. The largest absolute Gasteiger partial charge is 0.359 e. The Balaban J connectivity index is 1.99. The molecule has 1 aliphatic carbocycles. The van der Waals surface area contributed by atoms with Crippen LogP contribution >= 0.6 is 0 Å². The van der Waals surface area contributed by atoms with Crippen LogP contribution in [0.1, 0.15) is 55.8 Å². The van der Waals surface area contributed by atoms with Crippen molar-refractivity contribution in [2.24, 2.45) is 0 Å². The molecule has 1 saturated carbocycles. The zero-order chi connectivity index (χ0) is 15.5. The molecule has 2 aromatic rings. The van der Waals surface area contributed by atoms with Gasteiger partial charge in [0.05, 0.1) is 16.9 Å². The number of fused-ring (bicyclic) bond motifs is 1. The summed E-state index contributed by atoms with van der Waals surface area (Å²) in [6.45, 7) is 0. The van der Waals surface area contributed by atoms with Crippen molar-refractivity contribution in [3.05, 3.63) is 23.7 Å². The van der Waals surface area contributed by atoms with Crippen molar-refractivity contribution in [1.29, 1.82) is 0 Å². The van der Waals surface area contributed by atoms with Crippen LogP contribution in [0.4, 0.5) is 0 Å². The molecule has 0 bridgehead atoms. The number of carbonyl (C=O) groups excluding carboxylic acids is 1. The van der Waals surface area contributed by atoms with Crippen LogP contribution in [0, 0.1) is 0 Å². The number of aryl methyl sites for hydroxylation is 1. The van der Waals surface area contributed by atoms with E-state index in [1.54, 1.807) is 7.05 Å². The van der Waals surface area contributed by atoms with Crippen molar-refractivity contribution in [2.45, 2.75) is 50.9 Å². The molecule has 2 aromatic heterocycles. The Morgan fingerprint density at radius 2 is 2.18 bits per heavy atom. The van der Waals surface area contributed by atoms with Crippen LogP contribution in [0.2, 0.25) is 0 Å². The summed E-state index contributed by atoms with van der Waals surface area (Å²) >= 11 is 0. The third kappa shape index (κ3) is 2.77. The van der Waals surface area contributed by atoms with Gasteiger partial charge in [0.2, 0.25) is 5.91 Å². The SMILES string of the molecule is CNC(=O)CCc1nn(N)c2ccnc(C3CCCCC3)c12. The number of amides is 1. The lowest BCUT2D eigenvalue weighted by Gasteiger charge is -2.21. The Hall–Kier alpha value is -2.11. The van der Waals surface area contributed by atoms with Crippen LogP contribution in [-0.2, 0) is 11.2 Å². The summed E-state index contributed by atoms with van der Waals surface area (Å²) in [5.41, 5.74) is 2.90. The van der Waals surface area contributed by atoms with Crippen molar-refractivity contribution < 1.29 is 4.79 Å². The average Bonchev–Trinajstić information content (AvgIpc) is 2.90. The Morgan fingerprint density at radius 3 is 2.91 bits per heavy atom. The Bertz CT molecular complexity index is 672. The Kier molecular flexibility index (Phi) is 4.27. The van der Waals surface area contributed by atoms with Gasteiger partial charge in [0.1, 0.15) is 0 Å². The highest BCUT2D eigenvalue weighted by atomic mass is 16.1. The summed E-state index contributed by atoms with van der Waals surface area (Å²) in [5, 5.41) is 8.13. The molecule has 0 aromatic carbocycles. The van der Waals surface area contributed by atoms with Gasteiger partial charge in [-0.05, 0) is 18.9 Å². The number of nitrogens with zero attached hydrogens (tertiary/aromatic N) is 3. The monoisotopic (exact) mass is 301 g/mol. The zero-order valence-corrected chi connectivity index (χ0v) is 13.0. The van der Waals surface area contributed by atoms with E-state index < -0.39 is 0 Å². The van der Waals surface area contributed by atoms with Gasteiger partial charge in [-0.15, -0.1) is 0 Å². The zero-order valence-electron chi connectivity index (χ0n) is 13.0. The maximum absolute atomic E-state index is 11.5. The molecular formula is C16H23N5O. The lowest BCUT2D eigenvalue weighted by Crippen LogP contribution is -2.18. The molecule has 22 heavy (non-hydrogen) atoms. The molecule has 1 aliphatic rings. The fourth-order valence-electron chi connectivity index (χ4n) is 3.41. The molecule has 0 saturated heterocycles. The number of nitrogens with two attached hydrogens (primary N) is 1. The highest BCUT2D eigenvalue weighted by Gasteiger charge is 2.23. The Morgan fingerprint density at radius 1 is 1.41 bits per heavy atom. The second-order valence-electron chi connectivity index (χ2n) is 5.99. The number of carbonyl (C=O) groups is 1. The predicted octanol–water partition coefficient (Wildman–Crippen LogP) is 1.87. The van der Waals surface area contributed by atoms with Crippen molar-refractivity contribution in [3.63, 3.8) is 0 Å². The third-order valence-corrected chi connectivity index (χ3v) is 4.58. The Labute approximate surface area is 130 Å². The standard InChI is InChI=1S/C16H23N5O/c1-18-14(22)8-7-12-15-13(21(17)20-12)9-10-19-16(15)11-5-3-2-4-6-11/h9-11H,2-8,17H2,1H3,(H,18,22). The van der Waals surface area contributed by atoms with Crippen molar-refractivity contribution in [3.8, 4) is 0 Å². The normalized spacial score (nSPS) is 16.0. The highest BCUT2D eigenvalue weighted by Crippen LogP contribution is 2.36. The molecule has 1 amide bonds. The number of nitrogens with one attached hydrogen (secondary N) is 1. The van der Waals surface area contributed by atoms with Gasteiger partial charge in [-0.2, -0.15) is 9.89 Å². The highest BCUT2D eigenvalue weighted by molar-refractivity contribution is 5.85. The number of pyridine rings is 1. The molecule has 0 unspecified atom stereocenters. The molecule has 6 heteroatoms. The van der Waals surface area contributed by atoms with E-state index in [0.29, 0.717) is 18.8 Å². The lowest BCUT2D eigenvalue weighted by atomic mass is 9.85. The number of nitrogen functional groups attached to an aromatic ring is 1. The van der Waals surface area contributed by atoms with E-state index in [4.69, 9.17) is 5.84 Å². The maximum Gasteiger partial charge on any atom is 0.220 e. The molecule has 0 aliphatic heterocycles. The van der Waals surface area contributed by atoms with E-state index in [0.717, 1.165) is 22.3 Å². The van der Waals surface area contributed by atoms with Crippen LogP contribution in [0.25, 0.3) is 10.9 Å². The van der Waals surface area contributed by atoms with Gasteiger partial charge in [0.15, 0.2) is 0 Å². The first-order chi connectivity index (χ1) is 10.7. The first kappa shape index (κ1) is 14.8. The summed E-state index contributed by atoms with van der Waals surface area (Å²) in [7, 11) is 1.65. The van der Waals surface area contributed by atoms with Crippen LogP contribution in [0.5, 0.6) is 0 Å². The summed E-state index contributed by atoms with van der Waals surface area (Å²) in [6, 6.07) is 1.90. The van der Waals surface area contributed by atoms with Crippen molar-refractivity contribution in [1.82, 2.24) is 20.2 Å². The average molecular weight is 301 g/mol. The lowest BCUT2D eigenvalue weighted by molar-refractivity contribution is -0.120. The first-order valence-electron chi connectivity index (χ1n) is 8.03. The molecule has 3 N–H and O–H groups in total. The second kappa shape index (κ2) is 6.34. The van der Waals surface area contributed by atoms with Gasteiger partial charge in [0.25, 0.3) is 0 Å². The minimum atomic E-state index is 0.0165. The van der Waals surface area contributed by atoms with Crippen LogP contribution in [0.15, 0.2) is 12.3 Å².